The molecule has 1 fully saturated rings. The third-order valence-corrected chi connectivity index (χ3v) is 3.02. The van der Waals surface area contributed by atoms with Crippen LogP contribution in [0.5, 0.6) is 0 Å². The number of alkyl halides is 3. The minimum absolute atomic E-state index is 0.354. The molecule has 1 rings (SSSR count). The summed E-state index contributed by atoms with van der Waals surface area (Å²) >= 11 is 0. The van der Waals surface area contributed by atoms with Crippen LogP contribution < -0.4 is 5.32 Å². The van der Waals surface area contributed by atoms with Gasteiger partial charge in [0.2, 0.25) is 0 Å². The number of rotatable bonds is 4. The van der Waals surface area contributed by atoms with E-state index in [9.17, 15) is 13.2 Å². The Morgan fingerprint density at radius 2 is 2.00 bits per heavy atom. The molecule has 1 aliphatic heterocycles. The summed E-state index contributed by atoms with van der Waals surface area (Å²) in [5.74, 6) is 0.833. The molecule has 1 aliphatic rings. The van der Waals surface area contributed by atoms with Crippen LogP contribution in [-0.4, -0.2) is 43.8 Å². The van der Waals surface area contributed by atoms with Crippen LogP contribution in [-0.2, 0) is 0 Å². The number of nitrogens with zero attached hydrogens (tertiary/aromatic N) is 1. The molecule has 0 aliphatic carbocycles. The van der Waals surface area contributed by atoms with E-state index in [0.29, 0.717) is 24.9 Å². The first kappa shape index (κ1) is 12.8. The molecule has 2 atom stereocenters. The van der Waals surface area contributed by atoms with Crippen molar-refractivity contribution < 1.29 is 13.2 Å². The smallest absolute Gasteiger partial charge is 0.316 e. The first-order valence-corrected chi connectivity index (χ1v) is 5.42. The fourth-order valence-corrected chi connectivity index (χ4v) is 2.00. The second-order valence-electron chi connectivity index (χ2n) is 4.34. The Kier molecular flexibility index (Phi) is 4.40. The van der Waals surface area contributed by atoms with E-state index in [-0.39, 0.29) is 0 Å². The first-order chi connectivity index (χ1) is 6.92. The van der Waals surface area contributed by atoms with Crippen LogP contribution in [0.2, 0.25) is 0 Å². The van der Waals surface area contributed by atoms with Gasteiger partial charge in [-0.25, -0.2) is 0 Å². The van der Waals surface area contributed by atoms with Crippen LogP contribution in [0.1, 0.15) is 13.8 Å². The van der Waals surface area contributed by atoms with Crippen LogP contribution in [0.15, 0.2) is 0 Å². The van der Waals surface area contributed by atoms with Crippen LogP contribution >= 0.6 is 0 Å². The maximum Gasteiger partial charge on any atom is 0.401 e. The standard InChI is InChI=1S/C10H19F3N2/c1-3-15(7-10(11,12)13)6-9-5-14-4-8(9)2/h8-9,14H,3-7H2,1-2H3. The Morgan fingerprint density at radius 1 is 1.33 bits per heavy atom. The lowest BCUT2D eigenvalue weighted by molar-refractivity contribution is -0.146. The summed E-state index contributed by atoms with van der Waals surface area (Å²) in [4.78, 5) is 1.48. The van der Waals surface area contributed by atoms with Gasteiger partial charge in [-0.3, -0.25) is 4.90 Å². The predicted octanol–water partition coefficient (Wildman–Crippen LogP) is 1.73. The largest absolute Gasteiger partial charge is 0.401 e. The van der Waals surface area contributed by atoms with Gasteiger partial charge in [0.15, 0.2) is 0 Å². The van der Waals surface area contributed by atoms with E-state index < -0.39 is 12.7 Å². The molecule has 0 spiro atoms. The van der Waals surface area contributed by atoms with Crippen LogP contribution in [0.3, 0.4) is 0 Å². The Labute approximate surface area is 88.8 Å². The summed E-state index contributed by atoms with van der Waals surface area (Å²) in [6.45, 7) is 5.86. The van der Waals surface area contributed by atoms with Crippen LogP contribution in [0.4, 0.5) is 13.2 Å². The van der Waals surface area contributed by atoms with Crippen molar-refractivity contribution >= 4 is 0 Å². The maximum atomic E-state index is 12.2. The molecule has 5 heteroatoms. The lowest BCUT2D eigenvalue weighted by Gasteiger charge is -2.26. The van der Waals surface area contributed by atoms with E-state index in [1.54, 1.807) is 6.92 Å². The quantitative estimate of drug-likeness (QED) is 0.782. The normalized spacial score (nSPS) is 27.6. The Hall–Kier alpha value is -0.290. The summed E-state index contributed by atoms with van der Waals surface area (Å²) in [6, 6.07) is 0. The fraction of sp³-hybridized carbons (Fsp3) is 1.00. The van der Waals surface area contributed by atoms with Gasteiger partial charge in [-0.15, -0.1) is 0 Å². The monoisotopic (exact) mass is 224 g/mol. The molecule has 0 amide bonds. The van der Waals surface area contributed by atoms with Crippen molar-refractivity contribution in [1.29, 1.82) is 0 Å². The molecule has 0 bridgehead atoms. The second kappa shape index (κ2) is 5.16. The van der Waals surface area contributed by atoms with Gasteiger partial charge in [0.1, 0.15) is 0 Å². The number of nitrogens with one attached hydrogen (secondary N) is 1. The molecule has 0 saturated carbocycles. The third-order valence-electron chi connectivity index (χ3n) is 3.02. The Morgan fingerprint density at radius 3 is 2.40 bits per heavy atom. The lowest BCUT2D eigenvalue weighted by Crippen LogP contribution is -2.38. The molecule has 15 heavy (non-hydrogen) atoms. The van der Waals surface area contributed by atoms with Crippen molar-refractivity contribution in [3.63, 3.8) is 0 Å². The minimum Gasteiger partial charge on any atom is -0.316 e. The van der Waals surface area contributed by atoms with Gasteiger partial charge in [0, 0.05) is 6.54 Å². The average Bonchev–Trinajstić information content (AvgIpc) is 2.48. The zero-order valence-corrected chi connectivity index (χ0v) is 9.27. The van der Waals surface area contributed by atoms with Gasteiger partial charge in [-0.2, -0.15) is 13.2 Å². The van der Waals surface area contributed by atoms with E-state index in [1.807, 2.05) is 0 Å². The second-order valence-corrected chi connectivity index (χ2v) is 4.34. The highest BCUT2D eigenvalue weighted by atomic mass is 19.4. The molecule has 0 radical (unpaired) electrons. The molecule has 1 heterocycles. The van der Waals surface area contributed by atoms with Gasteiger partial charge >= 0.3 is 6.18 Å². The summed E-state index contributed by atoms with van der Waals surface area (Å²) in [7, 11) is 0. The SMILES string of the molecule is CCN(CC1CNCC1C)CC(F)(F)F. The maximum absolute atomic E-state index is 12.2. The predicted molar refractivity (Wildman–Crippen MR) is 53.7 cm³/mol. The lowest BCUT2D eigenvalue weighted by atomic mass is 9.97. The van der Waals surface area contributed by atoms with Crippen molar-refractivity contribution in [2.75, 3.05) is 32.7 Å². The summed E-state index contributed by atoms with van der Waals surface area (Å²) in [5.41, 5.74) is 0. The fourth-order valence-electron chi connectivity index (χ4n) is 2.00. The van der Waals surface area contributed by atoms with Gasteiger partial charge in [0.25, 0.3) is 0 Å². The van der Waals surface area contributed by atoms with E-state index in [1.165, 1.54) is 4.90 Å². The highest BCUT2D eigenvalue weighted by Crippen LogP contribution is 2.21. The van der Waals surface area contributed by atoms with Crippen molar-refractivity contribution in [3.05, 3.63) is 0 Å². The molecule has 2 nitrogen and oxygen atoms in total. The first-order valence-electron chi connectivity index (χ1n) is 5.42. The minimum atomic E-state index is -4.08. The molecule has 1 N–H and O–H groups in total. The van der Waals surface area contributed by atoms with Crippen LogP contribution in [0, 0.1) is 11.8 Å². The van der Waals surface area contributed by atoms with E-state index in [2.05, 4.69) is 12.2 Å². The summed E-state index contributed by atoms with van der Waals surface area (Å²) in [5, 5.41) is 3.21. The van der Waals surface area contributed by atoms with Gasteiger partial charge < -0.3 is 5.32 Å². The molecule has 90 valence electrons. The highest BCUT2D eigenvalue weighted by Gasteiger charge is 2.32. The van der Waals surface area contributed by atoms with Gasteiger partial charge in [-0.05, 0) is 31.5 Å². The topological polar surface area (TPSA) is 15.3 Å². The van der Waals surface area contributed by atoms with Gasteiger partial charge in [0.05, 0.1) is 6.54 Å². The zero-order chi connectivity index (χ0) is 11.5. The van der Waals surface area contributed by atoms with Crippen molar-refractivity contribution in [2.24, 2.45) is 11.8 Å². The zero-order valence-electron chi connectivity index (χ0n) is 9.27. The van der Waals surface area contributed by atoms with Crippen LogP contribution in [0.25, 0.3) is 0 Å². The highest BCUT2D eigenvalue weighted by molar-refractivity contribution is 4.81. The molecular weight excluding hydrogens is 205 g/mol. The average molecular weight is 224 g/mol. The molecular formula is C10H19F3N2. The number of hydrogen-bond donors (Lipinski definition) is 1. The van der Waals surface area contributed by atoms with E-state index in [0.717, 1.165) is 13.1 Å². The number of halogens is 3. The van der Waals surface area contributed by atoms with Crippen molar-refractivity contribution in [3.8, 4) is 0 Å². The van der Waals surface area contributed by atoms with E-state index in [4.69, 9.17) is 0 Å². The molecule has 1 saturated heterocycles. The van der Waals surface area contributed by atoms with Crippen molar-refractivity contribution in [1.82, 2.24) is 10.2 Å². The summed E-state index contributed by atoms with van der Waals surface area (Å²) < 4.78 is 36.6. The molecule has 0 aromatic rings. The Bertz CT molecular complexity index is 194. The molecule has 2 unspecified atom stereocenters. The number of hydrogen-bond acceptors (Lipinski definition) is 2. The van der Waals surface area contributed by atoms with Crippen molar-refractivity contribution in [2.45, 2.75) is 20.0 Å². The van der Waals surface area contributed by atoms with Gasteiger partial charge in [-0.1, -0.05) is 13.8 Å². The molecule has 0 aromatic heterocycles. The Balaban J connectivity index is 2.39. The van der Waals surface area contributed by atoms with E-state index >= 15 is 0 Å². The summed E-state index contributed by atoms with van der Waals surface area (Å²) in [6.07, 6.45) is -4.08. The third kappa shape index (κ3) is 4.38. The molecule has 0 aromatic carbocycles.